The van der Waals surface area contributed by atoms with Gasteiger partial charge in [0.25, 0.3) is 5.56 Å². The van der Waals surface area contributed by atoms with Gasteiger partial charge in [0.15, 0.2) is 0 Å². The topological polar surface area (TPSA) is 66.1 Å². The van der Waals surface area contributed by atoms with E-state index in [9.17, 15) is 9.59 Å². The lowest BCUT2D eigenvalue weighted by Crippen LogP contribution is -2.21. The highest BCUT2D eigenvalue weighted by Gasteiger charge is 2.06. The summed E-state index contributed by atoms with van der Waals surface area (Å²) in [5.41, 5.74) is 0.569. The molecule has 1 aromatic heterocycles. The number of hydrogen-bond donors (Lipinski definition) is 1. The number of nitrogens with zero attached hydrogens (tertiary/aromatic N) is 2. The van der Waals surface area contributed by atoms with Crippen molar-refractivity contribution >= 4 is 16.8 Å². The molecular formula is C14H17N3O2. The van der Waals surface area contributed by atoms with Crippen LogP contribution in [-0.2, 0) is 11.2 Å². The predicted octanol–water partition coefficient (Wildman–Crippen LogP) is 1.33. The number of benzene rings is 1. The van der Waals surface area contributed by atoms with Gasteiger partial charge >= 0.3 is 0 Å². The van der Waals surface area contributed by atoms with Gasteiger partial charge in [-0.15, -0.1) is 0 Å². The molecule has 1 heterocycles. The normalized spacial score (nSPS) is 10.6. The van der Waals surface area contributed by atoms with Crippen molar-refractivity contribution in [1.29, 1.82) is 0 Å². The van der Waals surface area contributed by atoms with E-state index in [1.165, 1.54) is 0 Å². The summed E-state index contributed by atoms with van der Waals surface area (Å²) in [4.78, 5) is 32.0. The second-order valence-electron chi connectivity index (χ2n) is 4.67. The Labute approximate surface area is 111 Å². The molecule has 1 N–H and O–H groups in total. The van der Waals surface area contributed by atoms with E-state index in [0.29, 0.717) is 36.0 Å². The average Bonchev–Trinajstić information content (AvgIpc) is 2.38. The molecule has 19 heavy (non-hydrogen) atoms. The standard InChI is InChI=1S/C14H17N3O2/c1-17(2)13(18)9-5-8-12-15-11-7-4-3-6-10(11)14(19)16-12/h3-4,6-7H,5,8-9H2,1-2H3,(H,15,16,19). The molecule has 0 aliphatic carbocycles. The Bertz CT molecular complexity index is 646. The van der Waals surface area contributed by atoms with Crippen LogP contribution in [0.25, 0.3) is 10.9 Å². The molecule has 0 bridgehead atoms. The molecule has 0 saturated carbocycles. The quantitative estimate of drug-likeness (QED) is 0.901. The van der Waals surface area contributed by atoms with Crippen molar-refractivity contribution < 1.29 is 4.79 Å². The predicted molar refractivity (Wildman–Crippen MR) is 74.0 cm³/mol. The van der Waals surface area contributed by atoms with Crippen LogP contribution in [0.5, 0.6) is 0 Å². The van der Waals surface area contributed by atoms with Crippen molar-refractivity contribution in [3.05, 3.63) is 40.4 Å². The summed E-state index contributed by atoms with van der Waals surface area (Å²) >= 11 is 0. The van der Waals surface area contributed by atoms with E-state index < -0.39 is 0 Å². The molecule has 0 aliphatic heterocycles. The van der Waals surface area contributed by atoms with Crippen LogP contribution >= 0.6 is 0 Å². The van der Waals surface area contributed by atoms with Crippen molar-refractivity contribution in [3.63, 3.8) is 0 Å². The molecule has 0 fully saturated rings. The van der Waals surface area contributed by atoms with Gasteiger partial charge in [-0.25, -0.2) is 4.98 Å². The first-order valence-electron chi connectivity index (χ1n) is 6.26. The van der Waals surface area contributed by atoms with Crippen LogP contribution in [-0.4, -0.2) is 34.9 Å². The van der Waals surface area contributed by atoms with Crippen molar-refractivity contribution in [2.75, 3.05) is 14.1 Å². The summed E-state index contributed by atoms with van der Waals surface area (Å²) in [5, 5.41) is 0.593. The maximum atomic E-state index is 11.8. The highest BCUT2D eigenvalue weighted by molar-refractivity contribution is 5.77. The Morgan fingerprint density at radius 1 is 1.32 bits per heavy atom. The fourth-order valence-electron chi connectivity index (χ4n) is 1.88. The minimum atomic E-state index is -0.125. The van der Waals surface area contributed by atoms with Gasteiger partial charge < -0.3 is 9.88 Å². The highest BCUT2D eigenvalue weighted by Crippen LogP contribution is 2.07. The zero-order chi connectivity index (χ0) is 13.8. The van der Waals surface area contributed by atoms with Gasteiger partial charge in [-0.05, 0) is 18.6 Å². The molecule has 0 saturated heterocycles. The minimum absolute atomic E-state index is 0.0862. The maximum Gasteiger partial charge on any atom is 0.258 e. The molecule has 2 rings (SSSR count). The number of carbonyl (C=O) groups is 1. The first-order valence-corrected chi connectivity index (χ1v) is 6.26. The van der Waals surface area contributed by atoms with E-state index in [4.69, 9.17) is 0 Å². The van der Waals surface area contributed by atoms with Crippen LogP contribution in [0.2, 0.25) is 0 Å². The van der Waals surface area contributed by atoms with Crippen LogP contribution < -0.4 is 5.56 Å². The van der Waals surface area contributed by atoms with Crippen LogP contribution in [0.4, 0.5) is 0 Å². The van der Waals surface area contributed by atoms with Gasteiger partial charge in [0.05, 0.1) is 10.9 Å². The number of fused-ring (bicyclic) bond motifs is 1. The van der Waals surface area contributed by atoms with Crippen molar-refractivity contribution in [2.24, 2.45) is 0 Å². The molecule has 0 atom stereocenters. The van der Waals surface area contributed by atoms with Crippen LogP contribution in [0.1, 0.15) is 18.7 Å². The average molecular weight is 259 g/mol. The molecule has 1 aromatic carbocycles. The first kappa shape index (κ1) is 13.3. The Balaban J connectivity index is 2.10. The summed E-state index contributed by atoms with van der Waals surface area (Å²) in [5.74, 6) is 0.721. The number of carbonyl (C=O) groups excluding carboxylic acids is 1. The van der Waals surface area contributed by atoms with E-state index in [2.05, 4.69) is 9.97 Å². The molecule has 1 amide bonds. The number of H-pyrrole nitrogens is 1. The van der Waals surface area contributed by atoms with Crippen molar-refractivity contribution in [2.45, 2.75) is 19.3 Å². The van der Waals surface area contributed by atoms with Crippen LogP contribution in [0.3, 0.4) is 0 Å². The zero-order valence-electron chi connectivity index (χ0n) is 11.1. The SMILES string of the molecule is CN(C)C(=O)CCCc1nc2ccccc2c(=O)[nH]1. The third-order valence-corrected chi connectivity index (χ3v) is 2.96. The lowest BCUT2D eigenvalue weighted by Gasteiger charge is -2.09. The molecule has 5 heteroatoms. The Hall–Kier alpha value is -2.17. The Morgan fingerprint density at radius 2 is 2.05 bits per heavy atom. The van der Waals surface area contributed by atoms with Crippen LogP contribution in [0.15, 0.2) is 29.1 Å². The molecule has 0 aliphatic rings. The summed E-state index contributed by atoms with van der Waals surface area (Å²) < 4.78 is 0. The summed E-state index contributed by atoms with van der Waals surface area (Å²) in [7, 11) is 3.47. The third-order valence-electron chi connectivity index (χ3n) is 2.96. The lowest BCUT2D eigenvalue weighted by molar-refractivity contribution is -0.128. The fourth-order valence-corrected chi connectivity index (χ4v) is 1.88. The molecule has 0 radical (unpaired) electrons. The molecular weight excluding hydrogens is 242 g/mol. The van der Waals surface area contributed by atoms with Crippen LogP contribution in [0, 0.1) is 0 Å². The van der Waals surface area contributed by atoms with E-state index >= 15 is 0 Å². The summed E-state index contributed by atoms with van der Waals surface area (Å²) in [6.07, 6.45) is 1.74. The summed E-state index contributed by atoms with van der Waals surface area (Å²) in [6, 6.07) is 7.24. The van der Waals surface area contributed by atoms with Gasteiger partial charge in [0.2, 0.25) is 5.91 Å². The number of amides is 1. The number of hydrogen-bond acceptors (Lipinski definition) is 3. The van der Waals surface area contributed by atoms with Gasteiger partial charge in [-0.1, -0.05) is 12.1 Å². The zero-order valence-corrected chi connectivity index (χ0v) is 11.1. The van der Waals surface area contributed by atoms with Crippen molar-refractivity contribution in [1.82, 2.24) is 14.9 Å². The summed E-state index contributed by atoms with van der Waals surface area (Å²) in [6.45, 7) is 0. The Morgan fingerprint density at radius 3 is 2.79 bits per heavy atom. The van der Waals surface area contributed by atoms with E-state index in [0.717, 1.165) is 0 Å². The second kappa shape index (κ2) is 5.65. The van der Waals surface area contributed by atoms with E-state index in [1.54, 1.807) is 25.1 Å². The molecule has 100 valence electrons. The van der Waals surface area contributed by atoms with E-state index in [-0.39, 0.29) is 11.5 Å². The fraction of sp³-hybridized carbons (Fsp3) is 0.357. The monoisotopic (exact) mass is 259 g/mol. The van der Waals surface area contributed by atoms with Crippen molar-refractivity contribution in [3.8, 4) is 0 Å². The number of aromatic amines is 1. The largest absolute Gasteiger partial charge is 0.349 e. The van der Waals surface area contributed by atoms with Gasteiger partial charge in [0.1, 0.15) is 5.82 Å². The molecule has 2 aromatic rings. The maximum absolute atomic E-state index is 11.8. The number of rotatable bonds is 4. The lowest BCUT2D eigenvalue weighted by atomic mass is 10.2. The smallest absolute Gasteiger partial charge is 0.258 e. The number of nitrogens with one attached hydrogen (secondary N) is 1. The molecule has 0 unspecified atom stereocenters. The minimum Gasteiger partial charge on any atom is -0.349 e. The molecule has 0 spiro atoms. The highest BCUT2D eigenvalue weighted by atomic mass is 16.2. The Kier molecular flexibility index (Phi) is 3.94. The van der Waals surface area contributed by atoms with Gasteiger partial charge in [0, 0.05) is 26.9 Å². The number of aryl methyl sites for hydroxylation is 1. The third kappa shape index (κ3) is 3.19. The number of aromatic nitrogens is 2. The van der Waals surface area contributed by atoms with Gasteiger partial charge in [-0.3, -0.25) is 9.59 Å². The van der Waals surface area contributed by atoms with Gasteiger partial charge in [-0.2, -0.15) is 0 Å². The molecule has 5 nitrogen and oxygen atoms in total. The first-order chi connectivity index (χ1) is 9.08. The van der Waals surface area contributed by atoms with E-state index in [1.807, 2.05) is 18.2 Å². The number of para-hydroxylation sites is 1. The second-order valence-corrected chi connectivity index (χ2v) is 4.67.